The summed E-state index contributed by atoms with van der Waals surface area (Å²) in [5.41, 5.74) is -0.456. The third-order valence-corrected chi connectivity index (χ3v) is 8.10. The molecule has 43 heavy (non-hydrogen) atoms. The maximum Gasteiger partial charge on any atom is 0.317 e. The Morgan fingerprint density at radius 1 is 0.767 bits per heavy atom. The van der Waals surface area contributed by atoms with Gasteiger partial charge in [-0.2, -0.15) is 0 Å². The second kappa shape index (κ2) is 19.8. The zero-order valence-electron chi connectivity index (χ0n) is 27.8. The molecular weight excluding hydrogens is 544 g/mol. The monoisotopic (exact) mass is 604 g/mol. The maximum absolute atomic E-state index is 12.8. The number of carbonyl (C=O) groups is 3. The van der Waals surface area contributed by atoms with Crippen LogP contribution in [0.2, 0.25) is 0 Å². The van der Waals surface area contributed by atoms with Crippen LogP contribution in [0.1, 0.15) is 112 Å². The Bertz CT molecular complexity index is 893. The van der Waals surface area contributed by atoms with Crippen molar-refractivity contribution in [1.29, 1.82) is 0 Å². The molecule has 2 fully saturated rings. The summed E-state index contributed by atoms with van der Waals surface area (Å²) in [5, 5.41) is 5.89. The average Bonchev–Trinajstić information content (AvgIpc) is 2.98. The maximum atomic E-state index is 12.8. The van der Waals surface area contributed by atoms with Crippen molar-refractivity contribution in [3.63, 3.8) is 0 Å². The number of nitrogens with one attached hydrogen (secondary N) is 2. The van der Waals surface area contributed by atoms with Crippen molar-refractivity contribution in [1.82, 2.24) is 20.4 Å². The molecule has 1 atom stereocenters. The van der Waals surface area contributed by atoms with E-state index < -0.39 is 17.3 Å². The van der Waals surface area contributed by atoms with Crippen LogP contribution >= 0.6 is 0 Å². The van der Waals surface area contributed by atoms with Gasteiger partial charge < -0.3 is 29.9 Å². The van der Waals surface area contributed by atoms with Crippen LogP contribution in [-0.2, 0) is 19.1 Å². The number of nitrogens with zero attached hydrogens (tertiary/aromatic N) is 2. The highest BCUT2D eigenvalue weighted by atomic mass is 16.7. The lowest BCUT2D eigenvalue weighted by Crippen LogP contribution is -2.57. The smallest absolute Gasteiger partial charge is 0.317 e. The van der Waals surface area contributed by atoms with Crippen molar-refractivity contribution in [3.8, 4) is 0 Å². The van der Waals surface area contributed by atoms with E-state index in [0.717, 1.165) is 25.7 Å². The van der Waals surface area contributed by atoms with Crippen LogP contribution in [-0.4, -0.2) is 85.4 Å². The van der Waals surface area contributed by atoms with E-state index in [9.17, 15) is 14.4 Å². The molecule has 2 rings (SSSR count). The van der Waals surface area contributed by atoms with Gasteiger partial charge in [-0.3, -0.25) is 9.59 Å². The first kappa shape index (κ1) is 36.8. The highest BCUT2D eigenvalue weighted by Gasteiger charge is 2.45. The predicted molar refractivity (Wildman–Crippen MR) is 173 cm³/mol. The van der Waals surface area contributed by atoms with Gasteiger partial charge in [0.1, 0.15) is 6.10 Å². The molecule has 0 aromatic rings. The normalized spacial score (nSPS) is 20.1. The topological polar surface area (TPSA) is 100 Å². The zero-order chi connectivity index (χ0) is 31.6. The minimum Gasteiger partial charge on any atom is -0.353 e. The molecule has 9 heteroatoms. The van der Waals surface area contributed by atoms with Gasteiger partial charge in [0.25, 0.3) is 0 Å². The van der Waals surface area contributed by atoms with E-state index in [0.29, 0.717) is 39.3 Å². The number of piperazine rings is 1. The molecule has 246 valence electrons. The van der Waals surface area contributed by atoms with Crippen LogP contribution in [0.15, 0.2) is 24.3 Å². The summed E-state index contributed by atoms with van der Waals surface area (Å²) in [6.07, 6.45) is 21.8. The fourth-order valence-electron chi connectivity index (χ4n) is 5.27. The second-order valence-electron chi connectivity index (χ2n) is 13.0. The molecule has 0 radical (unpaired) electrons. The van der Waals surface area contributed by atoms with Gasteiger partial charge in [-0.05, 0) is 52.4 Å². The molecule has 0 aromatic heterocycles. The SMILES string of the molecule is CCCCCC=CCC=CCCCCCCCNC(=O)N1CCN(C(=O)CCNC(=O)C2OC(C)(C)OCC2(C)C)CC1. The third-order valence-electron chi connectivity index (χ3n) is 8.10. The minimum absolute atomic E-state index is 0.0158. The van der Waals surface area contributed by atoms with Gasteiger partial charge in [-0.15, -0.1) is 0 Å². The fraction of sp³-hybridized carbons (Fsp3) is 0.794. The van der Waals surface area contributed by atoms with Gasteiger partial charge in [-0.25, -0.2) is 4.79 Å². The summed E-state index contributed by atoms with van der Waals surface area (Å²) in [4.78, 5) is 41.6. The van der Waals surface area contributed by atoms with Crippen LogP contribution in [0.25, 0.3) is 0 Å². The molecule has 2 saturated heterocycles. The highest BCUT2D eigenvalue weighted by molar-refractivity contribution is 5.83. The highest BCUT2D eigenvalue weighted by Crippen LogP contribution is 2.34. The molecule has 0 aromatic carbocycles. The standard InChI is InChI=1S/C34H60N4O5/c1-6-7-8-9-10-11-12-13-14-15-16-17-18-19-20-22-36-32(41)38-26-24-37(25-27-38)29(39)21-23-35-31(40)30-33(2,3)28-42-34(4,5)43-30/h10-11,13-14,30H,6-9,12,15-28H2,1-5H3,(H,35,40)(H,36,41). The Hall–Kier alpha value is -2.39. The van der Waals surface area contributed by atoms with Gasteiger partial charge in [0, 0.05) is 51.1 Å². The van der Waals surface area contributed by atoms with Crippen LogP contribution in [0.5, 0.6) is 0 Å². The first-order valence-corrected chi connectivity index (χ1v) is 16.8. The Balaban J connectivity index is 1.48. The lowest BCUT2D eigenvalue weighted by molar-refractivity contribution is -0.304. The molecule has 2 N–H and O–H groups in total. The second-order valence-corrected chi connectivity index (χ2v) is 13.0. The fourth-order valence-corrected chi connectivity index (χ4v) is 5.27. The molecule has 0 spiro atoms. The Labute approximate surface area is 261 Å². The summed E-state index contributed by atoms with van der Waals surface area (Å²) in [5.74, 6) is -1.06. The third kappa shape index (κ3) is 14.8. The molecule has 2 heterocycles. The number of unbranched alkanes of at least 4 members (excludes halogenated alkanes) is 8. The van der Waals surface area contributed by atoms with Crippen LogP contribution in [0.4, 0.5) is 4.79 Å². The van der Waals surface area contributed by atoms with Gasteiger partial charge >= 0.3 is 6.03 Å². The van der Waals surface area contributed by atoms with E-state index in [-0.39, 0.29) is 30.8 Å². The zero-order valence-corrected chi connectivity index (χ0v) is 27.8. The lowest BCUT2D eigenvalue weighted by Gasteiger charge is -2.44. The number of rotatable bonds is 18. The minimum atomic E-state index is -0.818. The summed E-state index contributed by atoms with van der Waals surface area (Å²) in [6.45, 7) is 13.1. The number of carbonyl (C=O) groups excluding carboxylic acids is 3. The van der Waals surface area contributed by atoms with Crippen molar-refractivity contribution in [2.24, 2.45) is 5.41 Å². The Morgan fingerprint density at radius 3 is 2.05 bits per heavy atom. The van der Waals surface area contributed by atoms with Crippen molar-refractivity contribution in [2.75, 3.05) is 45.9 Å². The van der Waals surface area contributed by atoms with Crippen molar-refractivity contribution >= 4 is 17.8 Å². The van der Waals surface area contributed by atoms with Gasteiger partial charge in [0.15, 0.2) is 5.79 Å². The van der Waals surface area contributed by atoms with E-state index in [1.54, 1.807) is 23.6 Å². The molecule has 0 saturated carbocycles. The average molecular weight is 605 g/mol. The molecule has 4 amide bonds. The van der Waals surface area contributed by atoms with Gasteiger partial charge in [0.05, 0.1) is 6.61 Å². The summed E-state index contributed by atoms with van der Waals surface area (Å²) in [6, 6.07) is -0.0501. The number of amides is 4. The van der Waals surface area contributed by atoms with Gasteiger partial charge in [0.2, 0.25) is 11.8 Å². The number of hydrogen-bond donors (Lipinski definition) is 2. The van der Waals surface area contributed by atoms with Crippen LogP contribution in [0.3, 0.4) is 0 Å². The number of allylic oxidation sites excluding steroid dienone is 4. The largest absolute Gasteiger partial charge is 0.353 e. The molecule has 2 aliphatic rings. The Morgan fingerprint density at radius 2 is 1.37 bits per heavy atom. The molecule has 1 unspecified atom stereocenters. The predicted octanol–water partition coefficient (Wildman–Crippen LogP) is 5.95. The molecular formula is C34H60N4O5. The van der Waals surface area contributed by atoms with E-state index >= 15 is 0 Å². The van der Waals surface area contributed by atoms with E-state index in [4.69, 9.17) is 9.47 Å². The van der Waals surface area contributed by atoms with Gasteiger partial charge in [-0.1, -0.05) is 77.2 Å². The quantitative estimate of drug-likeness (QED) is 0.149. The number of ether oxygens (including phenoxy) is 2. The summed E-state index contributed by atoms with van der Waals surface area (Å²) >= 11 is 0. The molecule has 2 aliphatic heterocycles. The first-order chi connectivity index (χ1) is 20.6. The van der Waals surface area contributed by atoms with Crippen LogP contribution < -0.4 is 10.6 Å². The van der Waals surface area contributed by atoms with E-state index in [2.05, 4.69) is 41.9 Å². The lowest BCUT2D eigenvalue weighted by atomic mass is 9.85. The van der Waals surface area contributed by atoms with Crippen molar-refractivity contribution in [3.05, 3.63) is 24.3 Å². The van der Waals surface area contributed by atoms with Crippen LogP contribution in [0, 0.1) is 5.41 Å². The summed E-state index contributed by atoms with van der Waals surface area (Å²) < 4.78 is 11.5. The molecule has 9 nitrogen and oxygen atoms in total. The van der Waals surface area contributed by atoms with Crippen molar-refractivity contribution < 1.29 is 23.9 Å². The Kier molecular flexibility index (Phi) is 16.9. The number of hydrogen-bond acceptors (Lipinski definition) is 5. The van der Waals surface area contributed by atoms with E-state index in [1.807, 2.05) is 13.8 Å². The van der Waals surface area contributed by atoms with Crippen molar-refractivity contribution in [2.45, 2.75) is 124 Å². The molecule has 0 bridgehead atoms. The number of urea groups is 1. The van der Waals surface area contributed by atoms with E-state index in [1.165, 1.54) is 44.9 Å². The first-order valence-electron chi connectivity index (χ1n) is 16.8. The summed E-state index contributed by atoms with van der Waals surface area (Å²) in [7, 11) is 0. The molecule has 0 aliphatic carbocycles.